The molecule has 0 radical (unpaired) electrons. The number of ketones is 1. The second-order valence-electron chi connectivity index (χ2n) is 3.78. The number of allylic oxidation sites excluding steroid dienone is 6. The molecule has 0 N–H and O–H groups in total. The van der Waals surface area contributed by atoms with Crippen LogP contribution >= 0.6 is 0 Å². The first-order valence-electron chi connectivity index (χ1n) is 5.43. The topological polar surface area (TPSA) is 17.1 Å². The van der Waals surface area contributed by atoms with Gasteiger partial charge in [-0.2, -0.15) is 0 Å². The Morgan fingerprint density at radius 3 is 2.59 bits per heavy atom. The molecule has 0 bridgehead atoms. The van der Waals surface area contributed by atoms with E-state index in [9.17, 15) is 4.79 Å². The lowest BCUT2D eigenvalue weighted by atomic mass is 10.0. The van der Waals surface area contributed by atoms with Gasteiger partial charge in [0, 0.05) is 5.56 Å². The van der Waals surface area contributed by atoms with Crippen molar-refractivity contribution in [2.24, 2.45) is 0 Å². The molecule has 0 heterocycles. The van der Waals surface area contributed by atoms with Crippen molar-refractivity contribution in [3.8, 4) is 0 Å². The van der Waals surface area contributed by atoms with E-state index in [4.69, 9.17) is 0 Å². The van der Waals surface area contributed by atoms with Crippen molar-refractivity contribution in [1.82, 2.24) is 0 Å². The first kappa shape index (κ1) is 11.2. The fourth-order valence-corrected chi connectivity index (χ4v) is 1.56. The van der Waals surface area contributed by atoms with Crippen molar-refractivity contribution in [2.75, 3.05) is 0 Å². The number of benzene rings is 1. The summed E-state index contributed by atoms with van der Waals surface area (Å²) >= 11 is 0. The predicted octanol–water partition coefficient (Wildman–Crippen LogP) is 3.62. The molecule has 1 aliphatic rings. The Balaban J connectivity index is 2.21. The highest BCUT2D eigenvalue weighted by molar-refractivity contribution is 6.05. The van der Waals surface area contributed by atoms with Gasteiger partial charge in [0.25, 0.3) is 0 Å². The van der Waals surface area contributed by atoms with Crippen LogP contribution in [0.3, 0.4) is 0 Å². The molecule has 0 saturated heterocycles. The molecule has 1 aromatic rings. The second kappa shape index (κ2) is 5.14. The van der Waals surface area contributed by atoms with Gasteiger partial charge >= 0.3 is 0 Å². The third-order valence-corrected chi connectivity index (χ3v) is 2.52. The lowest BCUT2D eigenvalue weighted by molar-refractivity contribution is 0.104. The Morgan fingerprint density at radius 2 is 1.94 bits per heavy atom. The number of hydrogen-bond acceptors (Lipinski definition) is 1. The Bertz CT molecular complexity index is 588. The van der Waals surface area contributed by atoms with Crippen LogP contribution in [0.4, 0.5) is 0 Å². The summed E-state index contributed by atoms with van der Waals surface area (Å²) in [4.78, 5) is 11.9. The van der Waals surface area contributed by atoms with Crippen LogP contribution in [0.15, 0.2) is 77.2 Å². The van der Waals surface area contributed by atoms with Crippen molar-refractivity contribution in [2.45, 2.75) is 6.92 Å². The van der Waals surface area contributed by atoms with Crippen molar-refractivity contribution >= 4 is 5.78 Å². The first-order chi connectivity index (χ1) is 8.27. The van der Waals surface area contributed by atoms with Crippen LogP contribution < -0.4 is 0 Å². The standard InChI is InChI=1S/C16H12O/c1-13(14-8-4-2-5-9-14)12-16(17)15-10-6-3-7-11-15/h3-4,6-12H,1H3/b13-12+. The van der Waals surface area contributed by atoms with E-state index in [-0.39, 0.29) is 5.78 Å². The average molecular weight is 220 g/mol. The van der Waals surface area contributed by atoms with E-state index in [1.165, 1.54) is 0 Å². The molecule has 0 aliphatic heterocycles. The molecular weight excluding hydrogens is 208 g/mol. The zero-order valence-corrected chi connectivity index (χ0v) is 9.60. The van der Waals surface area contributed by atoms with E-state index < -0.39 is 0 Å². The van der Waals surface area contributed by atoms with Crippen molar-refractivity contribution in [1.29, 1.82) is 0 Å². The van der Waals surface area contributed by atoms with E-state index >= 15 is 0 Å². The monoisotopic (exact) mass is 220 g/mol. The van der Waals surface area contributed by atoms with Gasteiger partial charge in [-0.05, 0) is 42.4 Å². The Kier molecular flexibility index (Phi) is 3.37. The number of hydrogen-bond donors (Lipinski definition) is 0. The van der Waals surface area contributed by atoms with E-state index in [1.54, 1.807) is 12.2 Å². The van der Waals surface area contributed by atoms with Gasteiger partial charge in [0.05, 0.1) is 0 Å². The molecule has 17 heavy (non-hydrogen) atoms. The summed E-state index contributed by atoms with van der Waals surface area (Å²) in [5.41, 5.74) is 8.35. The molecule has 1 heteroatoms. The van der Waals surface area contributed by atoms with Gasteiger partial charge in [0.15, 0.2) is 5.78 Å². The zero-order valence-electron chi connectivity index (χ0n) is 9.60. The molecular formula is C16H12O. The van der Waals surface area contributed by atoms with Crippen LogP contribution in [0, 0.1) is 0 Å². The second-order valence-corrected chi connectivity index (χ2v) is 3.78. The molecule has 0 saturated carbocycles. The van der Waals surface area contributed by atoms with Crippen LogP contribution in [-0.2, 0) is 0 Å². The third-order valence-electron chi connectivity index (χ3n) is 2.52. The maximum atomic E-state index is 11.9. The number of rotatable bonds is 3. The molecule has 1 aliphatic carbocycles. The smallest absolute Gasteiger partial charge is 0.186 e. The summed E-state index contributed by atoms with van der Waals surface area (Å²) in [7, 11) is 0. The minimum absolute atomic E-state index is 0.0240. The number of carbonyl (C=O) groups excluding carboxylic acids is 1. The van der Waals surface area contributed by atoms with Gasteiger partial charge in [-0.1, -0.05) is 41.8 Å². The highest BCUT2D eigenvalue weighted by Gasteiger charge is 2.03. The largest absolute Gasteiger partial charge is 0.289 e. The van der Waals surface area contributed by atoms with Crippen LogP contribution in [0.5, 0.6) is 0 Å². The Hall–Kier alpha value is -2.33. The molecule has 0 amide bonds. The molecule has 0 spiro atoms. The highest BCUT2D eigenvalue weighted by atomic mass is 16.1. The van der Waals surface area contributed by atoms with Gasteiger partial charge in [-0.25, -0.2) is 0 Å². The molecule has 0 aromatic heterocycles. The van der Waals surface area contributed by atoms with E-state index in [0.717, 1.165) is 11.1 Å². The quantitative estimate of drug-likeness (QED) is 0.432. The highest BCUT2D eigenvalue weighted by Crippen LogP contribution is 2.14. The Labute approximate surface area is 101 Å². The van der Waals surface area contributed by atoms with E-state index in [0.29, 0.717) is 5.56 Å². The third kappa shape index (κ3) is 2.83. The maximum absolute atomic E-state index is 11.9. The van der Waals surface area contributed by atoms with E-state index in [1.807, 2.05) is 49.4 Å². The summed E-state index contributed by atoms with van der Waals surface area (Å²) in [6.07, 6.45) is 7.18. The van der Waals surface area contributed by atoms with Crippen LogP contribution in [-0.4, -0.2) is 5.78 Å². The first-order valence-corrected chi connectivity index (χ1v) is 5.43. The fraction of sp³-hybridized carbons (Fsp3) is 0.0625. The molecule has 1 aromatic carbocycles. The lowest BCUT2D eigenvalue weighted by Crippen LogP contribution is -1.96. The molecule has 0 unspecified atom stereocenters. The molecule has 82 valence electrons. The van der Waals surface area contributed by atoms with Gasteiger partial charge < -0.3 is 0 Å². The van der Waals surface area contributed by atoms with Gasteiger partial charge in [-0.15, -0.1) is 0 Å². The van der Waals surface area contributed by atoms with Crippen LogP contribution in [0.1, 0.15) is 17.3 Å². The molecule has 0 atom stereocenters. The maximum Gasteiger partial charge on any atom is 0.186 e. The SMILES string of the molecule is C/C(=C\C(=O)c1ccccc1)C1=CC=C=C=C1. The average Bonchev–Trinajstić information content (AvgIpc) is 2.40. The van der Waals surface area contributed by atoms with Crippen LogP contribution in [0.25, 0.3) is 0 Å². The minimum atomic E-state index is 0.0240. The minimum Gasteiger partial charge on any atom is -0.289 e. The molecule has 2 rings (SSSR count). The summed E-state index contributed by atoms with van der Waals surface area (Å²) in [6, 6.07) is 9.26. The van der Waals surface area contributed by atoms with Gasteiger partial charge in [0.1, 0.15) is 0 Å². The summed E-state index contributed by atoms with van der Waals surface area (Å²) < 4.78 is 0. The summed E-state index contributed by atoms with van der Waals surface area (Å²) in [6.45, 7) is 1.92. The molecule has 1 nitrogen and oxygen atoms in total. The summed E-state index contributed by atoms with van der Waals surface area (Å²) in [5, 5.41) is 0. The predicted molar refractivity (Wildman–Crippen MR) is 68.8 cm³/mol. The van der Waals surface area contributed by atoms with Gasteiger partial charge in [-0.3, -0.25) is 4.79 Å². The lowest BCUT2D eigenvalue weighted by Gasteiger charge is -2.02. The van der Waals surface area contributed by atoms with Crippen molar-refractivity contribution in [3.05, 3.63) is 82.8 Å². The van der Waals surface area contributed by atoms with Crippen molar-refractivity contribution in [3.63, 3.8) is 0 Å². The molecule has 0 fully saturated rings. The fourth-order valence-electron chi connectivity index (χ4n) is 1.56. The number of carbonyl (C=O) groups is 1. The Morgan fingerprint density at radius 1 is 1.18 bits per heavy atom. The van der Waals surface area contributed by atoms with Crippen molar-refractivity contribution < 1.29 is 4.79 Å². The zero-order chi connectivity index (χ0) is 12.1. The normalized spacial score (nSPS) is 13.7. The van der Waals surface area contributed by atoms with E-state index in [2.05, 4.69) is 11.5 Å². The van der Waals surface area contributed by atoms with Crippen LogP contribution in [0.2, 0.25) is 0 Å². The summed E-state index contributed by atoms with van der Waals surface area (Å²) in [5.74, 6) is 0.0240. The van der Waals surface area contributed by atoms with Gasteiger partial charge in [0.2, 0.25) is 0 Å².